The largest absolute Gasteiger partial charge is 0.387 e. The first-order chi connectivity index (χ1) is 8.15. The van der Waals surface area contributed by atoms with Gasteiger partial charge in [0.25, 0.3) is 0 Å². The Hall–Kier alpha value is -0.860. The Kier molecular flexibility index (Phi) is 3.85. The van der Waals surface area contributed by atoms with Gasteiger partial charge in [0.05, 0.1) is 6.10 Å². The molecule has 0 bridgehead atoms. The van der Waals surface area contributed by atoms with E-state index in [1.54, 1.807) is 0 Å². The number of fused-ring (bicyclic) bond motifs is 1. The molecule has 1 aromatic carbocycles. The standard InChI is InChI=1S/C15H23NO/c1-4-9-16(3)14-10-11(2)12-7-5-6-8-13(12)15(14)17/h5-8,11,14-15,17H,4,9-10H2,1-3H3. The van der Waals surface area contributed by atoms with E-state index in [1.165, 1.54) is 5.56 Å². The number of nitrogens with zero attached hydrogens (tertiary/aromatic N) is 1. The Bertz CT molecular complexity index is 377. The first-order valence-electron chi connectivity index (χ1n) is 6.62. The van der Waals surface area contributed by atoms with Crippen LogP contribution in [0.15, 0.2) is 24.3 Å². The van der Waals surface area contributed by atoms with Crippen LogP contribution in [0.2, 0.25) is 0 Å². The molecule has 0 amide bonds. The Morgan fingerprint density at radius 3 is 2.59 bits per heavy atom. The van der Waals surface area contributed by atoms with Gasteiger partial charge in [-0.1, -0.05) is 38.1 Å². The minimum Gasteiger partial charge on any atom is -0.387 e. The van der Waals surface area contributed by atoms with Gasteiger partial charge in [-0.05, 0) is 43.5 Å². The van der Waals surface area contributed by atoms with E-state index >= 15 is 0 Å². The second kappa shape index (κ2) is 5.19. The van der Waals surface area contributed by atoms with Crippen LogP contribution in [0.4, 0.5) is 0 Å². The molecule has 94 valence electrons. The fourth-order valence-electron chi connectivity index (χ4n) is 2.99. The molecule has 1 aliphatic carbocycles. The normalized spacial score (nSPS) is 28.2. The third-order valence-corrected chi connectivity index (χ3v) is 3.95. The summed E-state index contributed by atoms with van der Waals surface area (Å²) in [6.45, 7) is 5.50. The maximum Gasteiger partial charge on any atom is 0.0948 e. The molecular weight excluding hydrogens is 210 g/mol. The van der Waals surface area contributed by atoms with Crippen molar-refractivity contribution in [3.63, 3.8) is 0 Å². The summed E-state index contributed by atoms with van der Waals surface area (Å²) >= 11 is 0. The van der Waals surface area contributed by atoms with Crippen LogP contribution >= 0.6 is 0 Å². The molecule has 1 N–H and O–H groups in total. The van der Waals surface area contributed by atoms with Gasteiger partial charge in [-0.2, -0.15) is 0 Å². The van der Waals surface area contributed by atoms with Crippen molar-refractivity contribution in [3.05, 3.63) is 35.4 Å². The fourth-order valence-corrected chi connectivity index (χ4v) is 2.99. The lowest BCUT2D eigenvalue weighted by Crippen LogP contribution is -2.41. The van der Waals surface area contributed by atoms with Crippen molar-refractivity contribution in [3.8, 4) is 0 Å². The molecular formula is C15H23NO. The van der Waals surface area contributed by atoms with Gasteiger partial charge in [0.1, 0.15) is 0 Å². The average molecular weight is 233 g/mol. The third-order valence-electron chi connectivity index (χ3n) is 3.95. The van der Waals surface area contributed by atoms with Gasteiger partial charge in [-0.25, -0.2) is 0 Å². The molecule has 1 aliphatic rings. The summed E-state index contributed by atoms with van der Waals surface area (Å²) in [7, 11) is 2.12. The van der Waals surface area contributed by atoms with Crippen molar-refractivity contribution >= 4 is 0 Å². The summed E-state index contributed by atoms with van der Waals surface area (Å²) in [5.74, 6) is 0.541. The average Bonchev–Trinajstić information content (AvgIpc) is 2.34. The van der Waals surface area contributed by atoms with Crippen LogP contribution in [-0.2, 0) is 0 Å². The lowest BCUT2D eigenvalue weighted by molar-refractivity contribution is 0.0449. The van der Waals surface area contributed by atoms with Gasteiger partial charge in [-0.15, -0.1) is 0 Å². The van der Waals surface area contributed by atoms with Gasteiger partial charge in [0, 0.05) is 6.04 Å². The maximum absolute atomic E-state index is 10.5. The Labute approximate surface area is 104 Å². The molecule has 0 fully saturated rings. The summed E-state index contributed by atoms with van der Waals surface area (Å²) in [5, 5.41) is 10.5. The van der Waals surface area contributed by atoms with E-state index in [0.717, 1.165) is 24.9 Å². The Balaban J connectivity index is 2.26. The highest BCUT2D eigenvalue weighted by atomic mass is 16.3. The van der Waals surface area contributed by atoms with Gasteiger partial charge in [0.15, 0.2) is 0 Å². The van der Waals surface area contributed by atoms with E-state index in [-0.39, 0.29) is 12.1 Å². The van der Waals surface area contributed by atoms with Crippen molar-refractivity contribution in [1.29, 1.82) is 0 Å². The molecule has 3 atom stereocenters. The molecule has 0 saturated heterocycles. The predicted octanol–water partition coefficient (Wildman–Crippen LogP) is 2.94. The molecule has 2 heteroatoms. The van der Waals surface area contributed by atoms with Gasteiger partial charge in [-0.3, -0.25) is 0 Å². The van der Waals surface area contributed by atoms with Crippen molar-refractivity contribution in [2.24, 2.45) is 0 Å². The van der Waals surface area contributed by atoms with Crippen molar-refractivity contribution in [2.75, 3.05) is 13.6 Å². The van der Waals surface area contributed by atoms with Crippen molar-refractivity contribution in [2.45, 2.75) is 44.8 Å². The van der Waals surface area contributed by atoms with Crippen LogP contribution in [0.1, 0.15) is 49.8 Å². The first-order valence-corrected chi connectivity index (χ1v) is 6.62. The quantitative estimate of drug-likeness (QED) is 0.867. The smallest absolute Gasteiger partial charge is 0.0948 e. The number of benzene rings is 1. The molecule has 1 aromatic rings. The number of hydrogen-bond donors (Lipinski definition) is 1. The van der Waals surface area contributed by atoms with Gasteiger partial charge < -0.3 is 10.0 Å². The zero-order valence-electron chi connectivity index (χ0n) is 11.1. The number of likely N-dealkylation sites (N-methyl/N-ethyl adjacent to an activating group) is 1. The number of hydrogen-bond acceptors (Lipinski definition) is 2. The lowest BCUT2D eigenvalue weighted by atomic mass is 9.79. The highest BCUT2D eigenvalue weighted by molar-refractivity contribution is 5.35. The molecule has 3 unspecified atom stereocenters. The molecule has 0 heterocycles. The monoisotopic (exact) mass is 233 g/mol. The maximum atomic E-state index is 10.5. The number of rotatable bonds is 3. The first kappa shape index (κ1) is 12.6. The molecule has 0 radical (unpaired) electrons. The van der Waals surface area contributed by atoms with Crippen LogP contribution in [0.25, 0.3) is 0 Å². The van der Waals surface area contributed by atoms with E-state index in [0.29, 0.717) is 5.92 Å². The minimum atomic E-state index is -0.334. The summed E-state index contributed by atoms with van der Waals surface area (Å²) in [4.78, 5) is 2.30. The lowest BCUT2D eigenvalue weighted by Gasteiger charge is -2.39. The van der Waals surface area contributed by atoms with Crippen LogP contribution in [0, 0.1) is 0 Å². The van der Waals surface area contributed by atoms with Gasteiger partial charge in [0.2, 0.25) is 0 Å². The van der Waals surface area contributed by atoms with E-state index in [9.17, 15) is 5.11 Å². The minimum absolute atomic E-state index is 0.264. The third kappa shape index (κ3) is 2.38. The van der Waals surface area contributed by atoms with E-state index in [1.807, 2.05) is 6.07 Å². The molecule has 2 nitrogen and oxygen atoms in total. The fraction of sp³-hybridized carbons (Fsp3) is 0.600. The van der Waals surface area contributed by atoms with E-state index in [4.69, 9.17) is 0 Å². The summed E-state index contributed by atoms with van der Waals surface area (Å²) in [6.07, 6.45) is 1.85. The Morgan fingerprint density at radius 2 is 1.94 bits per heavy atom. The summed E-state index contributed by atoms with van der Waals surface area (Å²) in [6, 6.07) is 8.58. The second-order valence-corrected chi connectivity index (χ2v) is 5.26. The molecule has 2 rings (SSSR count). The highest BCUT2D eigenvalue weighted by Crippen LogP contribution is 2.39. The summed E-state index contributed by atoms with van der Waals surface area (Å²) < 4.78 is 0. The number of aliphatic hydroxyl groups is 1. The van der Waals surface area contributed by atoms with Crippen LogP contribution in [0.5, 0.6) is 0 Å². The van der Waals surface area contributed by atoms with Crippen LogP contribution in [-0.4, -0.2) is 29.6 Å². The highest BCUT2D eigenvalue weighted by Gasteiger charge is 2.33. The van der Waals surface area contributed by atoms with Crippen molar-refractivity contribution < 1.29 is 5.11 Å². The number of aliphatic hydroxyl groups excluding tert-OH is 1. The second-order valence-electron chi connectivity index (χ2n) is 5.26. The van der Waals surface area contributed by atoms with E-state index in [2.05, 4.69) is 44.0 Å². The predicted molar refractivity (Wildman–Crippen MR) is 71.1 cm³/mol. The molecule has 0 aliphatic heterocycles. The molecule has 0 spiro atoms. The van der Waals surface area contributed by atoms with Crippen LogP contribution < -0.4 is 0 Å². The van der Waals surface area contributed by atoms with E-state index < -0.39 is 0 Å². The Morgan fingerprint density at radius 1 is 1.29 bits per heavy atom. The topological polar surface area (TPSA) is 23.5 Å². The SMILES string of the molecule is CCCN(C)C1CC(C)c2ccccc2C1O. The zero-order chi connectivity index (χ0) is 12.4. The van der Waals surface area contributed by atoms with Gasteiger partial charge >= 0.3 is 0 Å². The zero-order valence-corrected chi connectivity index (χ0v) is 11.1. The van der Waals surface area contributed by atoms with Crippen molar-refractivity contribution in [1.82, 2.24) is 4.90 Å². The molecule has 0 saturated carbocycles. The molecule has 0 aromatic heterocycles. The molecule has 17 heavy (non-hydrogen) atoms. The van der Waals surface area contributed by atoms with Crippen LogP contribution in [0.3, 0.4) is 0 Å². The summed E-state index contributed by atoms with van der Waals surface area (Å²) in [5.41, 5.74) is 2.44.